The number of hydrogen-bond acceptors (Lipinski definition) is 6. The van der Waals surface area contributed by atoms with E-state index < -0.39 is 11.2 Å². The van der Waals surface area contributed by atoms with E-state index in [0.29, 0.717) is 22.1 Å². The van der Waals surface area contributed by atoms with Gasteiger partial charge in [0, 0.05) is 19.2 Å². The second kappa shape index (κ2) is 8.71. The molecular weight excluding hydrogens is 378 g/mol. The van der Waals surface area contributed by atoms with Gasteiger partial charge in [0.1, 0.15) is 5.25 Å². The topological polar surface area (TPSA) is 88.1 Å². The summed E-state index contributed by atoms with van der Waals surface area (Å²) in [5.41, 5.74) is 1.66. The van der Waals surface area contributed by atoms with E-state index in [2.05, 4.69) is 15.0 Å². The predicted molar refractivity (Wildman–Crippen MR) is 109 cm³/mol. The number of ether oxygens (including phenoxy) is 1. The predicted octanol–water partition coefficient (Wildman–Crippen LogP) is 3.06. The van der Waals surface area contributed by atoms with E-state index in [-0.39, 0.29) is 18.2 Å². The molecule has 7 nitrogen and oxygen atoms in total. The van der Waals surface area contributed by atoms with Gasteiger partial charge in [-0.1, -0.05) is 30.0 Å². The van der Waals surface area contributed by atoms with Gasteiger partial charge in [-0.15, -0.1) is 0 Å². The van der Waals surface area contributed by atoms with Crippen LogP contribution in [0.15, 0.2) is 59.6 Å². The third kappa shape index (κ3) is 4.58. The summed E-state index contributed by atoms with van der Waals surface area (Å²) < 4.78 is 4.67. The van der Waals surface area contributed by atoms with E-state index in [1.807, 2.05) is 18.2 Å². The molecule has 1 unspecified atom stereocenters. The molecule has 0 aromatic heterocycles. The Morgan fingerprint density at radius 2 is 1.82 bits per heavy atom. The van der Waals surface area contributed by atoms with Gasteiger partial charge in [-0.2, -0.15) is 0 Å². The first-order valence-corrected chi connectivity index (χ1v) is 9.42. The number of thioether (sulfide) groups is 1. The molecule has 1 saturated heterocycles. The Bertz CT molecular complexity index is 913. The molecule has 1 heterocycles. The Morgan fingerprint density at radius 1 is 1.14 bits per heavy atom. The van der Waals surface area contributed by atoms with Gasteiger partial charge >= 0.3 is 5.97 Å². The molecule has 144 valence electrons. The highest BCUT2D eigenvalue weighted by atomic mass is 32.2. The number of carbonyl (C=O) groups excluding carboxylic acids is 3. The smallest absolute Gasteiger partial charge is 0.337 e. The minimum atomic E-state index is -0.572. The summed E-state index contributed by atoms with van der Waals surface area (Å²) in [5, 5.41) is 2.67. The van der Waals surface area contributed by atoms with Crippen LogP contribution in [-0.4, -0.2) is 47.3 Å². The van der Waals surface area contributed by atoms with Crippen LogP contribution in [0.2, 0.25) is 0 Å². The number of hydrogen-bond donors (Lipinski definition) is 1. The van der Waals surface area contributed by atoms with Gasteiger partial charge in [0.05, 0.1) is 18.4 Å². The standard InChI is InChI=1S/C20H19N3O4S/c1-23-17(24)12-16(18(25)21-14-6-4-3-5-7-14)28-20(23)22-15-10-8-13(9-11-15)19(26)27-2/h3-11,16H,12H2,1-2H3,(H,21,25). The minimum absolute atomic E-state index is 0.0974. The summed E-state index contributed by atoms with van der Waals surface area (Å²) in [6, 6.07) is 15.6. The van der Waals surface area contributed by atoms with Gasteiger partial charge in [0.2, 0.25) is 11.8 Å². The van der Waals surface area contributed by atoms with E-state index in [0.717, 1.165) is 0 Å². The van der Waals surface area contributed by atoms with E-state index in [9.17, 15) is 14.4 Å². The molecule has 0 saturated carbocycles. The number of para-hydroxylation sites is 1. The number of carbonyl (C=O) groups is 3. The van der Waals surface area contributed by atoms with Crippen LogP contribution in [0.25, 0.3) is 0 Å². The molecule has 2 aromatic rings. The molecule has 1 N–H and O–H groups in total. The van der Waals surface area contributed by atoms with Crippen molar-refractivity contribution in [2.75, 3.05) is 19.5 Å². The maximum Gasteiger partial charge on any atom is 0.337 e. The zero-order valence-electron chi connectivity index (χ0n) is 15.4. The molecule has 0 spiro atoms. The zero-order valence-corrected chi connectivity index (χ0v) is 16.2. The average molecular weight is 397 g/mol. The monoisotopic (exact) mass is 397 g/mol. The number of rotatable bonds is 4. The number of amides is 2. The van der Waals surface area contributed by atoms with Gasteiger partial charge in [0.15, 0.2) is 5.17 Å². The molecule has 2 aromatic carbocycles. The number of aliphatic imine (C=N–C) groups is 1. The van der Waals surface area contributed by atoms with E-state index in [1.165, 1.54) is 23.8 Å². The molecule has 3 rings (SSSR count). The third-order valence-corrected chi connectivity index (χ3v) is 5.36. The lowest BCUT2D eigenvalue weighted by molar-refractivity contribution is -0.128. The minimum Gasteiger partial charge on any atom is -0.465 e. The molecule has 0 aliphatic carbocycles. The first kappa shape index (κ1) is 19.6. The molecule has 1 aliphatic heterocycles. The highest BCUT2D eigenvalue weighted by Gasteiger charge is 2.34. The van der Waals surface area contributed by atoms with Crippen LogP contribution in [0.5, 0.6) is 0 Å². The van der Waals surface area contributed by atoms with Gasteiger partial charge in [-0.25, -0.2) is 9.79 Å². The molecule has 1 fully saturated rings. The van der Waals surface area contributed by atoms with Gasteiger partial charge in [-0.05, 0) is 36.4 Å². The number of nitrogens with one attached hydrogen (secondary N) is 1. The van der Waals surface area contributed by atoms with Crippen molar-refractivity contribution < 1.29 is 19.1 Å². The summed E-state index contributed by atoms with van der Waals surface area (Å²) in [6.07, 6.45) is 0.0974. The van der Waals surface area contributed by atoms with Crippen LogP contribution in [0.4, 0.5) is 11.4 Å². The molecule has 1 aliphatic rings. The molecule has 28 heavy (non-hydrogen) atoms. The van der Waals surface area contributed by atoms with Crippen molar-refractivity contribution in [1.29, 1.82) is 0 Å². The van der Waals surface area contributed by atoms with Crippen molar-refractivity contribution in [3.05, 3.63) is 60.2 Å². The molecule has 2 amide bonds. The maximum absolute atomic E-state index is 12.6. The van der Waals surface area contributed by atoms with Crippen LogP contribution in [0.1, 0.15) is 16.8 Å². The van der Waals surface area contributed by atoms with Gasteiger partial charge < -0.3 is 10.1 Å². The molecule has 1 atom stereocenters. The van der Waals surface area contributed by atoms with Crippen LogP contribution in [-0.2, 0) is 14.3 Å². The fraction of sp³-hybridized carbons (Fsp3) is 0.200. The van der Waals surface area contributed by atoms with Crippen molar-refractivity contribution in [2.24, 2.45) is 4.99 Å². The number of nitrogens with zero attached hydrogens (tertiary/aromatic N) is 2. The highest BCUT2D eigenvalue weighted by molar-refractivity contribution is 8.15. The van der Waals surface area contributed by atoms with E-state index in [4.69, 9.17) is 0 Å². The van der Waals surface area contributed by atoms with E-state index >= 15 is 0 Å². The van der Waals surface area contributed by atoms with Crippen LogP contribution in [0, 0.1) is 0 Å². The fourth-order valence-electron chi connectivity index (χ4n) is 2.54. The summed E-state index contributed by atoms with van der Waals surface area (Å²) in [6.45, 7) is 0. The van der Waals surface area contributed by atoms with Crippen molar-refractivity contribution >= 4 is 46.1 Å². The van der Waals surface area contributed by atoms with Crippen LogP contribution < -0.4 is 5.32 Å². The molecule has 0 bridgehead atoms. The summed E-state index contributed by atoms with van der Waals surface area (Å²) in [7, 11) is 2.94. The number of amidine groups is 1. The normalized spacial score (nSPS) is 18.1. The average Bonchev–Trinajstić information content (AvgIpc) is 2.72. The van der Waals surface area contributed by atoms with Gasteiger partial charge in [-0.3, -0.25) is 14.5 Å². The Balaban J connectivity index is 1.76. The maximum atomic E-state index is 12.6. The zero-order chi connectivity index (χ0) is 20.1. The van der Waals surface area contributed by atoms with E-state index in [1.54, 1.807) is 43.4 Å². The second-order valence-corrected chi connectivity index (χ2v) is 7.22. The van der Waals surface area contributed by atoms with Gasteiger partial charge in [0.25, 0.3) is 0 Å². The Morgan fingerprint density at radius 3 is 2.46 bits per heavy atom. The Hall–Kier alpha value is -3.13. The fourth-order valence-corrected chi connectivity index (χ4v) is 3.61. The van der Waals surface area contributed by atoms with Crippen molar-refractivity contribution in [3.63, 3.8) is 0 Å². The number of esters is 1. The number of methoxy groups -OCH3 is 1. The lowest BCUT2D eigenvalue weighted by Gasteiger charge is -2.28. The second-order valence-electron chi connectivity index (χ2n) is 6.05. The SMILES string of the molecule is COC(=O)c1ccc(N=C2SC(C(=O)Nc3ccccc3)CC(=O)N2C)cc1. The summed E-state index contributed by atoms with van der Waals surface area (Å²) in [5.74, 6) is -0.862. The lowest BCUT2D eigenvalue weighted by Crippen LogP contribution is -2.43. The molecule has 0 radical (unpaired) electrons. The van der Waals surface area contributed by atoms with Crippen molar-refractivity contribution in [1.82, 2.24) is 4.90 Å². The third-order valence-electron chi connectivity index (χ3n) is 4.12. The first-order chi connectivity index (χ1) is 13.5. The Kier molecular flexibility index (Phi) is 6.10. The quantitative estimate of drug-likeness (QED) is 0.801. The number of benzene rings is 2. The van der Waals surface area contributed by atoms with Crippen LogP contribution in [0.3, 0.4) is 0 Å². The molecular formula is C20H19N3O4S. The highest BCUT2D eigenvalue weighted by Crippen LogP contribution is 2.29. The largest absolute Gasteiger partial charge is 0.465 e. The summed E-state index contributed by atoms with van der Waals surface area (Å²) in [4.78, 5) is 42.3. The Labute approximate surface area is 166 Å². The number of anilines is 1. The van der Waals surface area contributed by atoms with Crippen molar-refractivity contribution in [3.8, 4) is 0 Å². The lowest BCUT2D eigenvalue weighted by atomic mass is 10.2. The van der Waals surface area contributed by atoms with Crippen LogP contribution >= 0.6 is 11.8 Å². The molecule has 8 heteroatoms. The first-order valence-electron chi connectivity index (χ1n) is 8.54. The van der Waals surface area contributed by atoms with Crippen molar-refractivity contribution in [2.45, 2.75) is 11.7 Å². The summed E-state index contributed by atoms with van der Waals surface area (Å²) >= 11 is 1.23.